The largest absolute Gasteiger partial charge is 0.497 e. The Morgan fingerprint density at radius 2 is 1.59 bits per heavy atom. The topological polar surface area (TPSA) is 148 Å². The molecule has 10 nitrogen and oxygen atoms in total. The lowest BCUT2D eigenvalue weighted by Crippen LogP contribution is -2.30. The van der Waals surface area contributed by atoms with Gasteiger partial charge in [0.1, 0.15) is 12.0 Å². The molecular weight excluding hydrogens is 466 g/mol. The van der Waals surface area contributed by atoms with Crippen LogP contribution in [-0.4, -0.2) is 49.9 Å². The van der Waals surface area contributed by atoms with Crippen LogP contribution in [0.2, 0.25) is 0 Å². The molecule has 0 heterocycles. The van der Waals surface area contributed by atoms with Gasteiger partial charge in [0.15, 0.2) is 11.5 Å². The third-order valence-corrected chi connectivity index (χ3v) is 3.89. The molecule has 0 saturated heterocycles. The Balaban J connectivity index is 0.00000104. The number of aliphatic hydroxyl groups excluding tert-OH is 1. The maximum atomic E-state index is 12.4. The van der Waals surface area contributed by atoms with E-state index in [2.05, 4.69) is 5.32 Å². The standard InChI is InChI=1S/C22H27NO6.CH4O3S/c1-14(24)28-19-12-16(20(25)23-13-22(2,3)4)8-11-18(19)29-21(26)15-6-9-17(27-5)10-7-15;1-5(2,3)4/h6-12,20,23,25H,13H2,1-5H3;1H3,(H,2,3,4). The van der Waals surface area contributed by atoms with Gasteiger partial charge < -0.3 is 19.3 Å². The van der Waals surface area contributed by atoms with E-state index in [1.54, 1.807) is 30.3 Å². The number of hydrogen-bond donors (Lipinski definition) is 3. The number of ether oxygens (including phenoxy) is 3. The smallest absolute Gasteiger partial charge is 0.343 e. The summed E-state index contributed by atoms with van der Waals surface area (Å²) in [4.78, 5) is 23.9. The minimum absolute atomic E-state index is 0.0203. The fourth-order valence-electron chi connectivity index (χ4n) is 2.42. The molecule has 0 aliphatic rings. The fourth-order valence-corrected chi connectivity index (χ4v) is 2.42. The Morgan fingerprint density at radius 1 is 1.03 bits per heavy atom. The zero-order chi connectivity index (χ0) is 26.1. The van der Waals surface area contributed by atoms with Crippen LogP contribution in [0.3, 0.4) is 0 Å². The van der Waals surface area contributed by atoms with Crippen molar-refractivity contribution in [2.75, 3.05) is 19.9 Å². The predicted octanol–water partition coefficient (Wildman–Crippen LogP) is 2.97. The van der Waals surface area contributed by atoms with Crippen LogP contribution in [0.4, 0.5) is 0 Å². The molecule has 2 aromatic rings. The van der Waals surface area contributed by atoms with Gasteiger partial charge in [0.05, 0.1) is 18.9 Å². The van der Waals surface area contributed by atoms with Crippen molar-refractivity contribution in [1.29, 1.82) is 0 Å². The normalized spacial score (nSPS) is 12.1. The van der Waals surface area contributed by atoms with Gasteiger partial charge in [-0.1, -0.05) is 26.8 Å². The van der Waals surface area contributed by atoms with Gasteiger partial charge in [0.2, 0.25) is 0 Å². The van der Waals surface area contributed by atoms with Crippen LogP contribution < -0.4 is 19.5 Å². The van der Waals surface area contributed by atoms with Crippen molar-refractivity contribution in [3.05, 3.63) is 53.6 Å². The van der Waals surface area contributed by atoms with Gasteiger partial charge in [0.25, 0.3) is 10.1 Å². The van der Waals surface area contributed by atoms with E-state index in [1.165, 1.54) is 26.2 Å². The Bertz CT molecular complexity index is 1070. The molecule has 0 fully saturated rings. The molecule has 0 bridgehead atoms. The summed E-state index contributed by atoms with van der Waals surface area (Å²) in [6.45, 7) is 7.94. The van der Waals surface area contributed by atoms with Gasteiger partial charge in [-0.25, -0.2) is 4.79 Å². The first-order chi connectivity index (χ1) is 15.6. The molecule has 0 aliphatic carbocycles. The molecule has 0 spiro atoms. The van der Waals surface area contributed by atoms with Crippen LogP contribution in [-0.2, 0) is 14.9 Å². The van der Waals surface area contributed by atoms with E-state index in [0.29, 0.717) is 29.7 Å². The van der Waals surface area contributed by atoms with E-state index in [9.17, 15) is 23.1 Å². The summed E-state index contributed by atoms with van der Waals surface area (Å²) in [6, 6.07) is 11.0. The average molecular weight is 498 g/mol. The van der Waals surface area contributed by atoms with Crippen LogP contribution in [0.15, 0.2) is 42.5 Å². The summed E-state index contributed by atoms with van der Waals surface area (Å²) >= 11 is 0. The van der Waals surface area contributed by atoms with Crippen LogP contribution in [0.5, 0.6) is 17.2 Å². The summed E-state index contributed by atoms with van der Waals surface area (Å²) in [6.07, 6.45) is -0.248. The number of methoxy groups -OCH3 is 1. The predicted molar refractivity (Wildman–Crippen MR) is 126 cm³/mol. The fraction of sp³-hybridized carbons (Fsp3) is 0.391. The van der Waals surface area contributed by atoms with E-state index in [0.717, 1.165) is 0 Å². The molecule has 0 aliphatic heterocycles. The average Bonchev–Trinajstić information content (AvgIpc) is 2.71. The molecule has 188 valence electrons. The molecule has 11 heteroatoms. The van der Waals surface area contributed by atoms with Crippen molar-refractivity contribution < 1.29 is 41.9 Å². The second kappa shape index (κ2) is 12.5. The maximum Gasteiger partial charge on any atom is 0.343 e. The van der Waals surface area contributed by atoms with Crippen LogP contribution >= 0.6 is 0 Å². The van der Waals surface area contributed by atoms with Crippen molar-refractivity contribution in [3.63, 3.8) is 0 Å². The highest BCUT2D eigenvalue weighted by Gasteiger charge is 2.19. The molecule has 2 rings (SSSR count). The van der Waals surface area contributed by atoms with Gasteiger partial charge in [-0.15, -0.1) is 0 Å². The van der Waals surface area contributed by atoms with Gasteiger partial charge in [-0.3, -0.25) is 14.7 Å². The van der Waals surface area contributed by atoms with E-state index in [4.69, 9.17) is 18.8 Å². The third kappa shape index (κ3) is 11.8. The lowest BCUT2D eigenvalue weighted by molar-refractivity contribution is -0.132. The number of rotatable bonds is 7. The van der Waals surface area contributed by atoms with Crippen molar-refractivity contribution in [2.45, 2.75) is 33.9 Å². The van der Waals surface area contributed by atoms with Gasteiger partial charge in [-0.2, -0.15) is 8.42 Å². The molecule has 0 aromatic heterocycles. The van der Waals surface area contributed by atoms with Gasteiger partial charge in [0, 0.05) is 13.5 Å². The zero-order valence-corrected chi connectivity index (χ0v) is 20.8. The Hall–Kier alpha value is -2.99. The Labute approximate surface area is 199 Å². The second-order valence-corrected chi connectivity index (χ2v) is 9.96. The van der Waals surface area contributed by atoms with E-state index in [1.807, 2.05) is 20.8 Å². The van der Waals surface area contributed by atoms with Crippen molar-refractivity contribution in [2.24, 2.45) is 5.41 Å². The highest BCUT2D eigenvalue weighted by atomic mass is 32.2. The lowest BCUT2D eigenvalue weighted by atomic mass is 9.97. The molecule has 0 amide bonds. The molecular formula is C23H31NO9S. The lowest BCUT2D eigenvalue weighted by Gasteiger charge is -2.22. The number of nitrogens with one attached hydrogen (secondary N) is 1. The Kier molecular flexibility index (Phi) is 10.6. The van der Waals surface area contributed by atoms with E-state index < -0.39 is 28.3 Å². The quantitative estimate of drug-likeness (QED) is 0.226. The monoisotopic (exact) mass is 497 g/mol. The molecule has 3 N–H and O–H groups in total. The minimum atomic E-state index is -3.67. The minimum Gasteiger partial charge on any atom is -0.497 e. The van der Waals surface area contributed by atoms with Gasteiger partial charge >= 0.3 is 11.9 Å². The van der Waals surface area contributed by atoms with Crippen molar-refractivity contribution in [3.8, 4) is 17.2 Å². The summed E-state index contributed by atoms with van der Waals surface area (Å²) in [5, 5.41) is 13.4. The summed E-state index contributed by atoms with van der Waals surface area (Å²) in [5.41, 5.74) is 0.776. The van der Waals surface area contributed by atoms with Crippen molar-refractivity contribution in [1.82, 2.24) is 5.32 Å². The first-order valence-electron chi connectivity index (χ1n) is 10.1. The van der Waals surface area contributed by atoms with Gasteiger partial charge in [-0.05, 0) is 47.4 Å². The van der Waals surface area contributed by atoms with Crippen molar-refractivity contribution >= 4 is 22.1 Å². The molecule has 34 heavy (non-hydrogen) atoms. The van der Waals surface area contributed by atoms with Crippen LogP contribution in [0.1, 0.15) is 49.8 Å². The first-order valence-corrected chi connectivity index (χ1v) is 12.0. The maximum absolute atomic E-state index is 12.4. The number of hydrogen-bond acceptors (Lipinski definition) is 9. The molecule has 2 aromatic carbocycles. The van der Waals surface area contributed by atoms with Crippen LogP contribution in [0.25, 0.3) is 0 Å². The second-order valence-electron chi connectivity index (χ2n) is 8.49. The number of carbonyl (C=O) groups excluding carboxylic acids is 2. The van der Waals surface area contributed by atoms with E-state index >= 15 is 0 Å². The Morgan fingerprint density at radius 3 is 2.06 bits per heavy atom. The number of benzene rings is 2. The number of esters is 2. The highest BCUT2D eigenvalue weighted by Crippen LogP contribution is 2.31. The SMILES string of the molecule is COc1ccc(C(=O)Oc2ccc(C(O)NCC(C)(C)C)cc2OC(C)=O)cc1.CS(=O)(=O)O. The van der Waals surface area contributed by atoms with Crippen LogP contribution in [0, 0.1) is 5.41 Å². The number of carbonyl (C=O) groups is 2. The highest BCUT2D eigenvalue weighted by molar-refractivity contribution is 7.85. The molecule has 0 saturated carbocycles. The third-order valence-electron chi connectivity index (χ3n) is 3.89. The molecule has 1 atom stereocenters. The molecule has 0 radical (unpaired) electrons. The summed E-state index contributed by atoms with van der Waals surface area (Å²) in [5.74, 6) is -0.439. The summed E-state index contributed by atoms with van der Waals surface area (Å²) < 4.78 is 41.5. The zero-order valence-electron chi connectivity index (χ0n) is 20.0. The summed E-state index contributed by atoms with van der Waals surface area (Å²) in [7, 11) is -2.13. The first kappa shape index (κ1) is 29.0. The van der Waals surface area contributed by atoms with E-state index in [-0.39, 0.29) is 16.9 Å². The number of aliphatic hydroxyl groups is 1. The molecule has 1 unspecified atom stereocenters.